The average Bonchev–Trinajstić information content (AvgIpc) is 3.13. The molecule has 1 aromatic heterocycles. The molecule has 1 aliphatic heterocycles. The van der Waals surface area contributed by atoms with Crippen LogP contribution in [0.4, 0.5) is 15.1 Å². The summed E-state index contributed by atoms with van der Waals surface area (Å²) in [5.74, 6) is 0.408. The van der Waals surface area contributed by atoms with E-state index in [0.717, 1.165) is 36.4 Å². The lowest BCUT2D eigenvalue weighted by molar-refractivity contribution is 0.0209. The van der Waals surface area contributed by atoms with E-state index in [1.165, 1.54) is 6.07 Å². The van der Waals surface area contributed by atoms with Crippen molar-refractivity contribution in [2.24, 2.45) is 0 Å². The van der Waals surface area contributed by atoms with Crippen molar-refractivity contribution in [3.8, 4) is 0 Å². The standard InChI is InChI=1S/C25H30ClFN4O2/c1-25(2,3)33-24(32)29(4)17-9-8-14-30(15-17)23-28-21-12-5-6-13-22(21)31(23)16-18-19(26)10-7-11-20(18)27/h5-7,10-13,17H,8-9,14-16H2,1-4H3/t17-/m0/s1. The van der Waals surface area contributed by atoms with Crippen LogP contribution in [-0.4, -0.2) is 52.3 Å². The summed E-state index contributed by atoms with van der Waals surface area (Å²) >= 11 is 6.34. The lowest BCUT2D eigenvalue weighted by Gasteiger charge is -2.38. The summed E-state index contributed by atoms with van der Waals surface area (Å²) in [5, 5.41) is 0.389. The van der Waals surface area contributed by atoms with Gasteiger partial charge in [-0.25, -0.2) is 14.2 Å². The van der Waals surface area contributed by atoms with Crippen LogP contribution in [0.1, 0.15) is 39.2 Å². The second kappa shape index (κ2) is 9.21. The topological polar surface area (TPSA) is 50.6 Å². The predicted molar refractivity (Wildman–Crippen MR) is 129 cm³/mol. The molecule has 1 fully saturated rings. The maximum Gasteiger partial charge on any atom is 0.410 e. The van der Waals surface area contributed by atoms with Crippen molar-refractivity contribution in [3.05, 3.63) is 58.9 Å². The number of carbonyl (C=O) groups excluding carboxylic acids is 1. The zero-order valence-corrected chi connectivity index (χ0v) is 20.3. The van der Waals surface area contributed by atoms with Gasteiger partial charge in [0.05, 0.1) is 23.6 Å². The second-order valence-electron chi connectivity index (χ2n) is 9.52. The molecule has 1 saturated heterocycles. The Bertz CT molecular complexity index is 1140. The van der Waals surface area contributed by atoms with E-state index < -0.39 is 5.60 Å². The predicted octanol–water partition coefficient (Wildman–Crippen LogP) is 5.71. The summed E-state index contributed by atoms with van der Waals surface area (Å²) in [6, 6.07) is 12.5. The fourth-order valence-corrected chi connectivity index (χ4v) is 4.46. The number of ether oxygens (including phenoxy) is 1. The van der Waals surface area contributed by atoms with Crippen LogP contribution in [0.15, 0.2) is 42.5 Å². The number of nitrogens with zero attached hydrogens (tertiary/aromatic N) is 4. The van der Waals surface area contributed by atoms with Crippen molar-refractivity contribution >= 4 is 34.7 Å². The van der Waals surface area contributed by atoms with E-state index in [1.54, 1.807) is 24.1 Å². The van der Waals surface area contributed by atoms with Gasteiger partial charge >= 0.3 is 6.09 Å². The van der Waals surface area contributed by atoms with E-state index in [1.807, 2.05) is 49.6 Å². The van der Waals surface area contributed by atoms with E-state index in [-0.39, 0.29) is 24.5 Å². The molecule has 2 aromatic carbocycles. The number of piperidine rings is 1. The first-order chi connectivity index (χ1) is 15.6. The van der Waals surface area contributed by atoms with E-state index in [4.69, 9.17) is 21.3 Å². The molecule has 2 heterocycles. The van der Waals surface area contributed by atoms with Gasteiger partial charge in [-0.15, -0.1) is 0 Å². The largest absolute Gasteiger partial charge is 0.444 e. The zero-order chi connectivity index (χ0) is 23.8. The Hall–Kier alpha value is -2.80. The molecule has 1 amide bonds. The maximum absolute atomic E-state index is 14.6. The molecular weight excluding hydrogens is 443 g/mol. The highest BCUT2D eigenvalue weighted by Crippen LogP contribution is 2.30. The smallest absolute Gasteiger partial charge is 0.410 e. The second-order valence-corrected chi connectivity index (χ2v) is 9.93. The lowest BCUT2D eigenvalue weighted by Crippen LogP contribution is -2.50. The molecule has 0 saturated carbocycles. The van der Waals surface area contributed by atoms with Crippen molar-refractivity contribution < 1.29 is 13.9 Å². The van der Waals surface area contributed by atoms with Gasteiger partial charge in [-0.05, 0) is 57.9 Å². The maximum atomic E-state index is 14.6. The normalized spacial score (nSPS) is 16.8. The molecule has 3 aromatic rings. The SMILES string of the molecule is CN(C(=O)OC(C)(C)C)[C@H]1CCCN(c2nc3ccccc3n2Cc2c(F)cccc2Cl)C1. The van der Waals surface area contributed by atoms with Gasteiger partial charge in [-0.3, -0.25) is 0 Å². The minimum atomic E-state index is -0.549. The molecule has 0 unspecified atom stereocenters. The fraction of sp³-hybridized carbons (Fsp3) is 0.440. The molecule has 0 N–H and O–H groups in total. The van der Waals surface area contributed by atoms with Gasteiger partial charge in [0.2, 0.25) is 5.95 Å². The average molecular weight is 473 g/mol. The number of aromatic nitrogens is 2. The van der Waals surface area contributed by atoms with Crippen LogP contribution in [0.3, 0.4) is 0 Å². The molecule has 0 aliphatic carbocycles. The monoisotopic (exact) mass is 472 g/mol. The Labute approximate surface area is 198 Å². The molecule has 176 valence electrons. The summed E-state index contributed by atoms with van der Waals surface area (Å²) in [7, 11) is 1.78. The first kappa shape index (κ1) is 23.4. The molecule has 0 spiro atoms. The fourth-order valence-electron chi connectivity index (χ4n) is 4.24. The molecule has 0 bridgehead atoms. The summed E-state index contributed by atoms with van der Waals surface area (Å²) < 4.78 is 22.2. The highest BCUT2D eigenvalue weighted by molar-refractivity contribution is 6.31. The highest BCUT2D eigenvalue weighted by Gasteiger charge is 2.31. The van der Waals surface area contributed by atoms with Crippen molar-refractivity contribution in [2.75, 3.05) is 25.0 Å². The Balaban J connectivity index is 1.65. The number of hydrogen-bond donors (Lipinski definition) is 0. The van der Waals surface area contributed by atoms with Gasteiger partial charge in [-0.2, -0.15) is 0 Å². The van der Waals surface area contributed by atoms with Crippen LogP contribution in [0.25, 0.3) is 11.0 Å². The van der Waals surface area contributed by atoms with E-state index in [9.17, 15) is 9.18 Å². The minimum Gasteiger partial charge on any atom is -0.444 e. The van der Waals surface area contributed by atoms with Crippen LogP contribution in [0.5, 0.6) is 0 Å². The van der Waals surface area contributed by atoms with Gasteiger partial charge in [0.25, 0.3) is 0 Å². The van der Waals surface area contributed by atoms with E-state index in [2.05, 4.69) is 4.90 Å². The first-order valence-corrected chi connectivity index (χ1v) is 11.6. The molecule has 6 nitrogen and oxygen atoms in total. The van der Waals surface area contributed by atoms with Gasteiger partial charge in [0.15, 0.2) is 0 Å². The summed E-state index contributed by atoms with van der Waals surface area (Å²) in [5.41, 5.74) is 1.63. The number of para-hydroxylation sites is 2. The molecule has 4 rings (SSSR count). The molecule has 0 radical (unpaired) electrons. The number of amides is 1. The van der Waals surface area contributed by atoms with Crippen LogP contribution < -0.4 is 4.90 Å². The van der Waals surface area contributed by atoms with E-state index >= 15 is 0 Å². The molecule has 1 atom stereocenters. The van der Waals surface area contributed by atoms with Crippen LogP contribution in [0, 0.1) is 5.82 Å². The third-order valence-corrected chi connectivity index (χ3v) is 6.27. The van der Waals surface area contributed by atoms with Crippen LogP contribution >= 0.6 is 11.6 Å². The Morgan fingerprint density at radius 2 is 2.00 bits per heavy atom. The highest BCUT2D eigenvalue weighted by atomic mass is 35.5. The van der Waals surface area contributed by atoms with Crippen molar-refractivity contribution in [1.82, 2.24) is 14.5 Å². The summed E-state index contributed by atoms with van der Waals surface area (Å²) in [6.45, 7) is 7.27. The quantitative estimate of drug-likeness (QED) is 0.487. The van der Waals surface area contributed by atoms with Crippen molar-refractivity contribution in [1.29, 1.82) is 0 Å². The minimum absolute atomic E-state index is 0.0149. The number of imidazole rings is 1. The number of likely N-dealkylation sites (N-methyl/N-ethyl adjacent to an activating group) is 1. The lowest BCUT2D eigenvalue weighted by atomic mass is 10.1. The van der Waals surface area contributed by atoms with Gasteiger partial charge in [-0.1, -0.05) is 29.8 Å². The molecule has 33 heavy (non-hydrogen) atoms. The number of anilines is 1. The Morgan fingerprint density at radius 3 is 2.73 bits per heavy atom. The number of rotatable bonds is 4. The zero-order valence-electron chi connectivity index (χ0n) is 19.5. The molecular formula is C25H30ClFN4O2. The number of carbonyl (C=O) groups is 1. The van der Waals surface area contributed by atoms with E-state index in [0.29, 0.717) is 17.1 Å². The molecule has 1 aliphatic rings. The van der Waals surface area contributed by atoms with Gasteiger partial charge < -0.3 is 19.1 Å². The summed E-state index contributed by atoms with van der Waals surface area (Å²) in [4.78, 5) is 21.4. The molecule has 8 heteroatoms. The van der Waals surface area contributed by atoms with Crippen molar-refractivity contribution in [2.45, 2.75) is 51.8 Å². The van der Waals surface area contributed by atoms with Crippen LogP contribution in [0.2, 0.25) is 5.02 Å². The number of hydrogen-bond acceptors (Lipinski definition) is 4. The number of fused-ring (bicyclic) bond motifs is 1. The summed E-state index contributed by atoms with van der Waals surface area (Å²) in [6.07, 6.45) is 1.45. The van der Waals surface area contributed by atoms with Crippen molar-refractivity contribution in [3.63, 3.8) is 0 Å². The van der Waals surface area contributed by atoms with Crippen LogP contribution in [-0.2, 0) is 11.3 Å². The third kappa shape index (κ3) is 5.08. The van der Waals surface area contributed by atoms with Gasteiger partial charge in [0.1, 0.15) is 11.4 Å². The number of benzene rings is 2. The first-order valence-electron chi connectivity index (χ1n) is 11.2. The number of halogens is 2. The Morgan fingerprint density at radius 1 is 1.24 bits per heavy atom. The van der Waals surface area contributed by atoms with Gasteiger partial charge in [0, 0.05) is 30.7 Å². The third-order valence-electron chi connectivity index (χ3n) is 5.92. The Kier molecular flexibility index (Phi) is 6.52.